The maximum atomic E-state index is 13.1. The number of aromatic nitrogens is 2. The number of ether oxygens (including phenoxy) is 1. The second-order valence-corrected chi connectivity index (χ2v) is 6.41. The van der Waals surface area contributed by atoms with Gasteiger partial charge >= 0.3 is 6.18 Å². The lowest BCUT2D eigenvalue weighted by atomic mass is 10.0. The third kappa shape index (κ3) is 8.78. The number of unbranched alkanes of at least 4 members (excludes halogenated alkanes) is 2. The lowest BCUT2D eigenvalue weighted by Crippen LogP contribution is -2.40. The van der Waals surface area contributed by atoms with Gasteiger partial charge in [0.1, 0.15) is 11.4 Å². The summed E-state index contributed by atoms with van der Waals surface area (Å²) < 4.78 is 44.1. The first-order valence-electron chi connectivity index (χ1n) is 9.36. The zero-order valence-corrected chi connectivity index (χ0v) is 16.8. The van der Waals surface area contributed by atoms with Gasteiger partial charge < -0.3 is 10.1 Å². The van der Waals surface area contributed by atoms with Gasteiger partial charge in [-0.2, -0.15) is 18.2 Å². The van der Waals surface area contributed by atoms with Crippen LogP contribution in [-0.2, 0) is 20.5 Å². The topological polar surface area (TPSA) is 129 Å². The standard InChI is InChI=1S/C17H27F3N6O4/c1-3-4-5-6-12(10-26(29)11-27)15(28)24-25-16-22-9-13(17(18,19)20)14(23-16)21-7-8-30-2/h9,11-12,29H,3-8,10H2,1-2H3,(H,24,28)(H2,21,22,23,25)/t12-/m1/s1. The van der Waals surface area contributed by atoms with E-state index in [2.05, 4.69) is 26.1 Å². The van der Waals surface area contributed by atoms with Gasteiger partial charge in [-0.15, -0.1) is 0 Å². The summed E-state index contributed by atoms with van der Waals surface area (Å²) in [5, 5.41) is 12.3. The number of hydrogen-bond donors (Lipinski definition) is 4. The van der Waals surface area contributed by atoms with E-state index in [9.17, 15) is 28.0 Å². The molecule has 4 N–H and O–H groups in total. The van der Waals surface area contributed by atoms with Gasteiger partial charge in [0.05, 0.1) is 19.1 Å². The molecular formula is C17H27F3N6O4. The van der Waals surface area contributed by atoms with E-state index in [1.807, 2.05) is 6.92 Å². The Morgan fingerprint density at radius 1 is 1.40 bits per heavy atom. The first kappa shape index (κ1) is 25.4. The number of amides is 2. The molecule has 0 aliphatic rings. The van der Waals surface area contributed by atoms with Crippen molar-refractivity contribution in [3.8, 4) is 0 Å². The Labute approximate surface area is 172 Å². The molecule has 0 saturated heterocycles. The van der Waals surface area contributed by atoms with Crippen molar-refractivity contribution < 1.29 is 32.7 Å². The molecule has 0 saturated carbocycles. The van der Waals surface area contributed by atoms with Crippen LogP contribution in [0, 0.1) is 5.92 Å². The highest BCUT2D eigenvalue weighted by atomic mass is 19.4. The van der Waals surface area contributed by atoms with Crippen molar-refractivity contribution in [2.24, 2.45) is 5.92 Å². The molecule has 13 heteroatoms. The smallest absolute Gasteiger partial charge is 0.383 e. The van der Waals surface area contributed by atoms with E-state index < -0.39 is 29.4 Å². The molecule has 10 nitrogen and oxygen atoms in total. The van der Waals surface area contributed by atoms with Gasteiger partial charge in [-0.3, -0.25) is 25.6 Å². The molecule has 0 spiro atoms. The van der Waals surface area contributed by atoms with Gasteiger partial charge in [0.15, 0.2) is 0 Å². The molecule has 0 radical (unpaired) electrons. The number of carbonyl (C=O) groups is 2. The number of carbonyl (C=O) groups excluding carboxylic acids is 2. The number of anilines is 2. The molecule has 2 amide bonds. The fourth-order valence-corrected chi connectivity index (χ4v) is 2.49. The second-order valence-electron chi connectivity index (χ2n) is 6.41. The summed E-state index contributed by atoms with van der Waals surface area (Å²) in [6, 6.07) is 0. The molecule has 1 atom stereocenters. The largest absolute Gasteiger partial charge is 0.421 e. The normalized spacial score (nSPS) is 12.2. The quantitative estimate of drug-likeness (QED) is 0.151. The molecule has 1 aromatic rings. The van der Waals surface area contributed by atoms with Gasteiger partial charge in [0.25, 0.3) is 0 Å². The van der Waals surface area contributed by atoms with Gasteiger partial charge in [-0.05, 0) is 6.42 Å². The molecule has 0 bridgehead atoms. The van der Waals surface area contributed by atoms with E-state index in [4.69, 9.17) is 4.74 Å². The second kappa shape index (κ2) is 12.8. The molecule has 1 aromatic heterocycles. The fourth-order valence-electron chi connectivity index (χ4n) is 2.49. The van der Waals surface area contributed by atoms with E-state index >= 15 is 0 Å². The maximum absolute atomic E-state index is 13.1. The number of hydrazine groups is 1. The van der Waals surface area contributed by atoms with Gasteiger partial charge in [0.2, 0.25) is 18.3 Å². The third-order valence-electron chi connectivity index (χ3n) is 4.05. The van der Waals surface area contributed by atoms with Crippen molar-refractivity contribution in [1.29, 1.82) is 0 Å². The fraction of sp³-hybridized carbons (Fsp3) is 0.647. The summed E-state index contributed by atoms with van der Waals surface area (Å²) in [7, 11) is 1.41. The number of nitrogens with zero attached hydrogens (tertiary/aromatic N) is 3. The number of nitrogens with one attached hydrogen (secondary N) is 3. The summed E-state index contributed by atoms with van der Waals surface area (Å²) in [4.78, 5) is 30.3. The van der Waals surface area contributed by atoms with Crippen LogP contribution in [0.1, 0.15) is 38.2 Å². The third-order valence-corrected chi connectivity index (χ3v) is 4.05. The molecule has 0 unspecified atom stereocenters. The molecule has 30 heavy (non-hydrogen) atoms. The van der Waals surface area contributed by atoms with Crippen molar-refractivity contribution in [1.82, 2.24) is 20.5 Å². The molecule has 0 fully saturated rings. The molecule has 0 aromatic carbocycles. The van der Waals surface area contributed by atoms with Crippen LogP contribution >= 0.6 is 0 Å². The van der Waals surface area contributed by atoms with E-state index in [0.717, 1.165) is 12.8 Å². The van der Waals surface area contributed by atoms with Crippen LogP contribution in [-0.4, -0.2) is 59.4 Å². The van der Waals surface area contributed by atoms with E-state index in [1.54, 1.807) is 0 Å². The van der Waals surface area contributed by atoms with Gasteiger partial charge in [-0.25, -0.2) is 10.0 Å². The van der Waals surface area contributed by atoms with Crippen molar-refractivity contribution in [2.75, 3.05) is 37.5 Å². The zero-order valence-electron chi connectivity index (χ0n) is 16.8. The highest BCUT2D eigenvalue weighted by Gasteiger charge is 2.35. The first-order chi connectivity index (χ1) is 14.2. The monoisotopic (exact) mass is 436 g/mol. The van der Waals surface area contributed by atoms with Crippen molar-refractivity contribution in [3.05, 3.63) is 11.8 Å². The van der Waals surface area contributed by atoms with Gasteiger partial charge in [0, 0.05) is 19.9 Å². The van der Waals surface area contributed by atoms with Crippen LogP contribution in [0.15, 0.2) is 6.20 Å². The number of halogens is 3. The minimum Gasteiger partial charge on any atom is -0.383 e. The van der Waals surface area contributed by atoms with Crippen molar-refractivity contribution >= 4 is 24.1 Å². The minimum atomic E-state index is -4.67. The van der Waals surface area contributed by atoms with Crippen LogP contribution < -0.4 is 16.2 Å². The Bertz CT molecular complexity index is 677. The van der Waals surface area contributed by atoms with E-state index in [0.29, 0.717) is 24.1 Å². The SMILES string of the molecule is CCCCC[C@H](CN(O)C=O)C(=O)NNc1ncc(C(F)(F)F)c(NCCOC)n1. The molecule has 1 rings (SSSR count). The first-order valence-corrected chi connectivity index (χ1v) is 9.36. The lowest BCUT2D eigenvalue weighted by molar-refractivity contribution is -0.154. The van der Waals surface area contributed by atoms with Crippen molar-refractivity contribution in [2.45, 2.75) is 38.8 Å². The van der Waals surface area contributed by atoms with Crippen molar-refractivity contribution in [3.63, 3.8) is 0 Å². The summed E-state index contributed by atoms with van der Waals surface area (Å²) in [6.07, 6.45) is -0.998. The molecule has 0 aliphatic carbocycles. The Kier molecular flexibility index (Phi) is 10.8. The number of alkyl halides is 3. The predicted octanol–water partition coefficient (Wildman–Crippen LogP) is 2.04. The van der Waals surface area contributed by atoms with Gasteiger partial charge in [-0.1, -0.05) is 26.2 Å². The number of methoxy groups -OCH3 is 1. The Morgan fingerprint density at radius 3 is 2.73 bits per heavy atom. The zero-order chi connectivity index (χ0) is 22.6. The van der Waals surface area contributed by atoms with E-state index in [1.165, 1.54) is 7.11 Å². The average Bonchev–Trinajstić information content (AvgIpc) is 2.70. The highest BCUT2D eigenvalue weighted by Crippen LogP contribution is 2.33. The van der Waals surface area contributed by atoms with Crippen LogP contribution in [0.3, 0.4) is 0 Å². The minimum absolute atomic E-state index is 0.0833. The molecule has 0 aliphatic heterocycles. The van der Waals surface area contributed by atoms with Crippen LogP contribution in [0.2, 0.25) is 0 Å². The highest BCUT2D eigenvalue weighted by molar-refractivity contribution is 5.80. The molecule has 170 valence electrons. The Balaban J connectivity index is 2.84. The average molecular weight is 436 g/mol. The summed E-state index contributed by atoms with van der Waals surface area (Å²) >= 11 is 0. The Morgan fingerprint density at radius 2 is 2.13 bits per heavy atom. The maximum Gasteiger partial charge on any atom is 0.421 e. The summed E-state index contributed by atoms with van der Waals surface area (Å²) in [5.74, 6) is -2.02. The number of rotatable bonds is 14. The molecule has 1 heterocycles. The predicted molar refractivity (Wildman–Crippen MR) is 101 cm³/mol. The summed E-state index contributed by atoms with van der Waals surface area (Å²) in [5.41, 5.74) is 3.61. The van der Waals surface area contributed by atoms with Crippen LogP contribution in [0.4, 0.5) is 24.9 Å². The Hall–Kier alpha value is -2.67. The summed E-state index contributed by atoms with van der Waals surface area (Å²) in [6.45, 7) is 2.01. The van der Waals surface area contributed by atoms with E-state index in [-0.39, 0.29) is 32.1 Å². The number of hydrogen-bond acceptors (Lipinski definition) is 8. The van der Waals surface area contributed by atoms with Crippen LogP contribution in [0.25, 0.3) is 0 Å². The lowest BCUT2D eigenvalue weighted by Gasteiger charge is -2.20. The molecular weight excluding hydrogens is 409 g/mol. The van der Waals surface area contributed by atoms with Crippen LogP contribution in [0.5, 0.6) is 0 Å². The number of hydroxylamine groups is 2.